The second-order valence-electron chi connectivity index (χ2n) is 4.04. The summed E-state index contributed by atoms with van der Waals surface area (Å²) in [5.41, 5.74) is -0.420. The second-order valence-corrected chi connectivity index (χ2v) is 4.90. The zero-order valence-corrected chi connectivity index (χ0v) is 12.7. The van der Waals surface area contributed by atoms with Gasteiger partial charge >= 0.3 is 11.7 Å². The summed E-state index contributed by atoms with van der Waals surface area (Å²) in [6.07, 6.45) is 3.13. The molecule has 0 atom stereocenters. The molecule has 8 heteroatoms. The van der Waals surface area contributed by atoms with Gasteiger partial charge in [-0.2, -0.15) is 0 Å². The van der Waals surface area contributed by atoms with E-state index in [-0.39, 0.29) is 16.9 Å². The lowest BCUT2D eigenvalue weighted by molar-refractivity contribution is -0.386. The molecule has 0 amide bonds. The summed E-state index contributed by atoms with van der Waals surface area (Å²) in [5.74, 6) is -1.57. The van der Waals surface area contributed by atoms with Crippen molar-refractivity contribution in [1.82, 2.24) is 4.90 Å². The van der Waals surface area contributed by atoms with Crippen LogP contribution in [0.15, 0.2) is 16.7 Å². The fraction of sp³-hybridized carbons (Fsp3) is 0.250. The smallest absolute Gasteiger partial charge is 0.339 e. The molecule has 1 rings (SSSR count). The molecule has 0 saturated heterocycles. The topological polar surface area (TPSA) is 92.9 Å². The van der Waals surface area contributed by atoms with Crippen LogP contribution >= 0.6 is 15.9 Å². The van der Waals surface area contributed by atoms with Crippen LogP contribution < -0.4 is 4.74 Å². The maximum absolute atomic E-state index is 11.2. The van der Waals surface area contributed by atoms with E-state index in [1.807, 2.05) is 0 Å². The summed E-state index contributed by atoms with van der Waals surface area (Å²) in [6.45, 7) is 0. The SMILES string of the molecule is COc1c(C(=O)O)cc(Br)c(C=CN(C)C)c1[N+](=O)[O-]. The molecule has 0 aliphatic rings. The maximum atomic E-state index is 11.2. The monoisotopic (exact) mass is 344 g/mol. The fourth-order valence-corrected chi connectivity index (χ4v) is 2.11. The van der Waals surface area contributed by atoms with E-state index in [2.05, 4.69) is 15.9 Å². The van der Waals surface area contributed by atoms with Gasteiger partial charge in [-0.1, -0.05) is 0 Å². The number of nitro benzene ring substituents is 1. The van der Waals surface area contributed by atoms with E-state index in [4.69, 9.17) is 9.84 Å². The number of carbonyl (C=O) groups is 1. The van der Waals surface area contributed by atoms with Crippen LogP contribution in [0.25, 0.3) is 6.08 Å². The minimum Gasteiger partial charge on any atom is -0.490 e. The minimum absolute atomic E-state index is 0.241. The summed E-state index contributed by atoms with van der Waals surface area (Å²) in [7, 11) is 4.72. The van der Waals surface area contributed by atoms with E-state index in [1.54, 1.807) is 25.2 Å². The Bertz CT molecular complexity index is 584. The van der Waals surface area contributed by atoms with Crippen LogP contribution in [0.5, 0.6) is 5.75 Å². The van der Waals surface area contributed by atoms with Crippen LogP contribution in [0.4, 0.5) is 5.69 Å². The third kappa shape index (κ3) is 3.27. The lowest BCUT2D eigenvalue weighted by Crippen LogP contribution is -2.06. The van der Waals surface area contributed by atoms with Crippen LogP contribution in [0.2, 0.25) is 0 Å². The molecule has 108 valence electrons. The first kappa shape index (κ1) is 16.0. The Balaban J connectivity index is 3.67. The average molecular weight is 345 g/mol. The average Bonchev–Trinajstić information content (AvgIpc) is 2.35. The van der Waals surface area contributed by atoms with Gasteiger partial charge < -0.3 is 14.7 Å². The molecule has 0 unspecified atom stereocenters. The predicted octanol–water partition coefficient (Wildman–Crippen LogP) is 2.60. The minimum atomic E-state index is -1.30. The Labute approximate surface area is 123 Å². The highest BCUT2D eigenvalue weighted by Crippen LogP contribution is 2.40. The number of hydrogen-bond acceptors (Lipinski definition) is 5. The summed E-state index contributed by atoms with van der Waals surface area (Å²) < 4.78 is 5.22. The summed E-state index contributed by atoms with van der Waals surface area (Å²) in [4.78, 5) is 23.4. The van der Waals surface area contributed by atoms with Gasteiger partial charge in [0, 0.05) is 18.6 Å². The first-order valence-corrected chi connectivity index (χ1v) is 6.21. The number of carboxylic acid groups (broad SMARTS) is 1. The van der Waals surface area contributed by atoms with Crippen molar-refractivity contribution < 1.29 is 19.6 Å². The van der Waals surface area contributed by atoms with Crippen molar-refractivity contribution in [3.63, 3.8) is 0 Å². The van der Waals surface area contributed by atoms with Crippen LogP contribution in [-0.2, 0) is 0 Å². The molecule has 0 radical (unpaired) electrons. The highest BCUT2D eigenvalue weighted by Gasteiger charge is 2.28. The summed E-state index contributed by atoms with van der Waals surface area (Å²) in [6, 6.07) is 1.28. The molecule has 0 aliphatic carbocycles. The van der Waals surface area contributed by atoms with Gasteiger partial charge in [-0.3, -0.25) is 10.1 Å². The van der Waals surface area contributed by atoms with Crippen molar-refractivity contribution in [1.29, 1.82) is 0 Å². The van der Waals surface area contributed by atoms with Crippen molar-refractivity contribution in [3.8, 4) is 5.75 Å². The van der Waals surface area contributed by atoms with Crippen LogP contribution in [0.1, 0.15) is 15.9 Å². The van der Waals surface area contributed by atoms with Crippen molar-refractivity contribution in [3.05, 3.63) is 38.0 Å². The normalized spacial score (nSPS) is 10.6. The molecule has 0 aliphatic heterocycles. The molecule has 0 aromatic heterocycles. The quantitative estimate of drug-likeness (QED) is 0.651. The van der Waals surface area contributed by atoms with E-state index in [0.717, 1.165) is 0 Å². The van der Waals surface area contributed by atoms with Crippen LogP contribution in [0.3, 0.4) is 0 Å². The van der Waals surface area contributed by atoms with Gasteiger partial charge in [-0.05, 0) is 34.3 Å². The number of carboxylic acids is 1. The van der Waals surface area contributed by atoms with E-state index in [9.17, 15) is 14.9 Å². The lowest BCUT2D eigenvalue weighted by Gasteiger charge is -2.10. The van der Waals surface area contributed by atoms with E-state index in [0.29, 0.717) is 4.47 Å². The zero-order chi connectivity index (χ0) is 15.4. The Hall–Kier alpha value is -2.09. The largest absolute Gasteiger partial charge is 0.490 e. The van der Waals surface area contributed by atoms with Crippen molar-refractivity contribution in [2.45, 2.75) is 0 Å². The number of methoxy groups -OCH3 is 1. The number of nitro groups is 1. The number of nitrogens with zero attached hydrogens (tertiary/aromatic N) is 2. The number of hydrogen-bond donors (Lipinski definition) is 1. The second kappa shape index (κ2) is 6.38. The van der Waals surface area contributed by atoms with Gasteiger partial charge in [0.1, 0.15) is 5.56 Å². The van der Waals surface area contributed by atoms with Gasteiger partial charge in [0.25, 0.3) is 0 Å². The predicted molar refractivity (Wildman–Crippen MR) is 77.0 cm³/mol. The van der Waals surface area contributed by atoms with E-state index in [1.165, 1.54) is 19.3 Å². The molecule has 0 bridgehead atoms. The number of rotatable bonds is 5. The molecule has 0 heterocycles. The standard InChI is InChI=1S/C12H13BrN2O5/c1-14(2)5-4-7-9(13)6-8(12(16)17)11(20-3)10(7)15(18)19/h4-6H,1-3H3,(H,16,17). The lowest BCUT2D eigenvalue weighted by atomic mass is 10.1. The Morgan fingerprint density at radius 3 is 2.55 bits per heavy atom. The fourth-order valence-electron chi connectivity index (χ4n) is 1.56. The molecule has 20 heavy (non-hydrogen) atoms. The van der Waals surface area contributed by atoms with Crippen molar-refractivity contribution >= 4 is 33.7 Å². The third-order valence-electron chi connectivity index (χ3n) is 2.40. The third-order valence-corrected chi connectivity index (χ3v) is 3.06. The van der Waals surface area contributed by atoms with Gasteiger partial charge in [-0.15, -0.1) is 0 Å². The number of benzene rings is 1. The molecule has 1 aromatic carbocycles. The molecular formula is C12H13BrN2O5. The van der Waals surface area contributed by atoms with Gasteiger partial charge in [0.05, 0.1) is 17.6 Å². The van der Waals surface area contributed by atoms with Crippen LogP contribution in [0, 0.1) is 10.1 Å². The number of halogens is 1. The highest BCUT2D eigenvalue weighted by atomic mass is 79.9. The number of ether oxygens (including phenoxy) is 1. The molecular weight excluding hydrogens is 332 g/mol. The Kier molecular flexibility index (Phi) is 5.09. The maximum Gasteiger partial charge on any atom is 0.339 e. The summed E-state index contributed by atoms with van der Waals surface area (Å²) in [5, 5.41) is 20.3. The van der Waals surface area contributed by atoms with Gasteiger partial charge in [0.15, 0.2) is 0 Å². The molecule has 0 spiro atoms. The first-order valence-electron chi connectivity index (χ1n) is 5.42. The molecule has 1 aromatic rings. The van der Waals surface area contributed by atoms with E-state index < -0.39 is 16.6 Å². The van der Waals surface area contributed by atoms with Crippen LogP contribution in [-0.4, -0.2) is 42.1 Å². The Morgan fingerprint density at radius 1 is 1.55 bits per heavy atom. The van der Waals surface area contributed by atoms with Crippen molar-refractivity contribution in [2.24, 2.45) is 0 Å². The van der Waals surface area contributed by atoms with Crippen molar-refractivity contribution in [2.75, 3.05) is 21.2 Å². The number of aromatic carboxylic acids is 1. The summed E-state index contributed by atoms with van der Waals surface area (Å²) >= 11 is 3.15. The zero-order valence-electron chi connectivity index (χ0n) is 11.1. The van der Waals surface area contributed by atoms with Gasteiger partial charge in [0.2, 0.25) is 5.75 Å². The van der Waals surface area contributed by atoms with E-state index >= 15 is 0 Å². The molecule has 7 nitrogen and oxygen atoms in total. The highest BCUT2D eigenvalue weighted by molar-refractivity contribution is 9.10. The molecule has 0 fully saturated rings. The molecule has 0 saturated carbocycles. The van der Waals surface area contributed by atoms with Gasteiger partial charge in [-0.25, -0.2) is 4.79 Å². The Morgan fingerprint density at radius 2 is 2.15 bits per heavy atom. The molecule has 1 N–H and O–H groups in total. The first-order chi connectivity index (χ1) is 9.29.